The number of primary sulfonamides is 1. The first-order valence-electron chi connectivity index (χ1n) is 2.88. The fourth-order valence-corrected chi connectivity index (χ4v) is 3.37. The average molecular weight is 286 g/mol. The van der Waals surface area contributed by atoms with Crippen LogP contribution in [0.3, 0.4) is 0 Å². The zero-order valence-corrected chi connectivity index (χ0v) is 9.24. The first-order chi connectivity index (χ1) is 5.82. The summed E-state index contributed by atoms with van der Waals surface area (Å²) in [5.41, 5.74) is -0.103. The third-order valence-corrected chi connectivity index (χ3v) is 4.43. The van der Waals surface area contributed by atoms with E-state index in [0.717, 1.165) is 17.4 Å². The lowest BCUT2D eigenvalue weighted by Crippen LogP contribution is -2.10. The summed E-state index contributed by atoms with van der Waals surface area (Å²) in [6, 6.07) is 1.02. The highest BCUT2D eigenvalue weighted by Gasteiger charge is 2.18. The largest absolute Gasteiger partial charge is 0.478 e. The zero-order valence-electron chi connectivity index (χ0n) is 6.02. The Morgan fingerprint density at radius 1 is 1.62 bits per heavy atom. The molecule has 0 saturated heterocycles. The number of carbonyl (C=O) groups is 1. The summed E-state index contributed by atoms with van der Waals surface area (Å²) < 4.78 is 21.7. The Kier molecular flexibility index (Phi) is 2.76. The van der Waals surface area contributed by atoms with E-state index >= 15 is 0 Å². The number of carboxylic acid groups (broad SMARTS) is 1. The molecule has 1 aromatic heterocycles. The summed E-state index contributed by atoms with van der Waals surface area (Å²) in [6.45, 7) is 0. The van der Waals surface area contributed by atoms with E-state index in [1.807, 2.05) is 0 Å². The van der Waals surface area contributed by atoms with Crippen LogP contribution in [-0.4, -0.2) is 19.5 Å². The molecule has 13 heavy (non-hydrogen) atoms. The van der Waals surface area contributed by atoms with E-state index in [4.69, 9.17) is 10.2 Å². The molecule has 8 heteroatoms. The van der Waals surface area contributed by atoms with Crippen molar-refractivity contribution in [2.45, 2.75) is 4.21 Å². The van der Waals surface area contributed by atoms with E-state index in [1.165, 1.54) is 0 Å². The fourth-order valence-electron chi connectivity index (χ4n) is 0.633. The molecule has 0 bridgehead atoms. The lowest BCUT2D eigenvalue weighted by Gasteiger charge is -1.87. The van der Waals surface area contributed by atoms with Gasteiger partial charge in [0.15, 0.2) is 0 Å². The quantitative estimate of drug-likeness (QED) is 0.842. The van der Waals surface area contributed by atoms with Gasteiger partial charge in [-0.2, -0.15) is 0 Å². The smallest absolute Gasteiger partial charge is 0.337 e. The molecule has 1 heterocycles. The number of hydrogen-bond donors (Lipinski definition) is 2. The molecule has 0 aliphatic heterocycles. The third-order valence-electron chi connectivity index (χ3n) is 1.17. The monoisotopic (exact) mass is 285 g/mol. The summed E-state index contributed by atoms with van der Waals surface area (Å²) >= 11 is 3.70. The predicted octanol–water partition coefficient (Wildman–Crippen LogP) is 0.856. The van der Waals surface area contributed by atoms with Crippen LogP contribution >= 0.6 is 27.3 Å². The lowest BCUT2D eigenvalue weighted by atomic mass is 10.4. The summed E-state index contributed by atoms with van der Waals surface area (Å²) in [5, 5.41) is 13.4. The van der Waals surface area contributed by atoms with E-state index < -0.39 is 16.0 Å². The van der Waals surface area contributed by atoms with Crippen LogP contribution in [0.15, 0.2) is 14.1 Å². The van der Waals surface area contributed by atoms with Crippen LogP contribution < -0.4 is 5.14 Å². The molecular weight excluding hydrogens is 282 g/mol. The second-order valence-corrected chi connectivity index (χ2v) is 6.26. The molecule has 1 aromatic rings. The van der Waals surface area contributed by atoms with Gasteiger partial charge in [0.25, 0.3) is 0 Å². The SMILES string of the molecule is NS(=O)(=O)c1cc(C(=O)O)c(Br)s1. The molecule has 0 amide bonds. The first kappa shape index (κ1) is 10.6. The molecule has 0 radical (unpaired) electrons. The van der Waals surface area contributed by atoms with E-state index in [-0.39, 0.29) is 13.6 Å². The molecular formula is C5H4BrNO4S2. The zero-order chi connectivity index (χ0) is 10.2. The van der Waals surface area contributed by atoms with Gasteiger partial charge in [-0.1, -0.05) is 0 Å². The summed E-state index contributed by atoms with van der Waals surface area (Å²) in [4.78, 5) is 10.5. The number of halogens is 1. The number of carboxylic acids is 1. The molecule has 0 aromatic carbocycles. The van der Waals surface area contributed by atoms with Gasteiger partial charge in [-0.3, -0.25) is 0 Å². The van der Waals surface area contributed by atoms with Gasteiger partial charge in [-0.05, 0) is 22.0 Å². The van der Waals surface area contributed by atoms with Crippen LogP contribution in [0.5, 0.6) is 0 Å². The van der Waals surface area contributed by atoms with Crippen molar-refractivity contribution in [2.24, 2.45) is 5.14 Å². The van der Waals surface area contributed by atoms with E-state index in [9.17, 15) is 13.2 Å². The van der Waals surface area contributed by atoms with Crippen molar-refractivity contribution in [2.75, 3.05) is 0 Å². The van der Waals surface area contributed by atoms with Crippen LogP contribution in [0.1, 0.15) is 10.4 Å². The van der Waals surface area contributed by atoms with Crippen molar-refractivity contribution >= 4 is 43.3 Å². The highest BCUT2D eigenvalue weighted by atomic mass is 79.9. The number of rotatable bonds is 2. The molecule has 0 aliphatic carbocycles. The van der Waals surface area contributed by atoms with Crippen molar-refractivity contribution in [3.05, 3.63) is 15.4 Å². The summed E-state index contributed by atoms with van der Waals surface area (Å²) in [5.74, 6) is -1.20. The standard InChI is InChI=1S/C5H4BrNO4S2/c6-4-2(5(8)9)1-3(12-4)13(7,10)11/h1H,(H,8,9)(H2,7,10,11). The Morgan fingerprint density at radius 2 is 2.15 bits per heavy atom. The second kappa shape index (κ2) is 3.37. The number of nitrogens with two attached hydrogens (primary N) is 1. The highest BCUT2D eigenvalue weighted by Crippen LogP contribution is 2.30. The van der Waals surface area contributed by atoms with Crippen molar-refractivity contribution in [3.63, 3.8) is 0 Å². The molecule has 1 rings (SSSR count). The molecule has 0 unspecified atom stereocenters. The predicted molar refractivity (Wildman–Crippen MR) is 50.4 cm³/mol. The minimum Gasteiger partial charge on any atom is -0.478 e. The molecule has 5 nitrogen and oxygen atoms in total. The average Bonchev–Trinajstić information content (AvgIpc) is 2.29. The molecule has 0 fully saturated rings. The maximum absolute atomic E-state index is 10.8. The Balaban J connectivity index is 3.33. The Labute approximate surface area is 86.4 Å². The minimum absolute atomic E-state index is 0.103. The van der Waals surface area contributed by atoms with Gasteiger partial charge in [0.05, 0.1) is 9.35 Å². The molecule has 3 N–H and O–H groups in total. The van der Waals surface area contributed by atoms with Gasteiger partial charge in [-0.25, -0.2) is 18.4 Å². The van der Waals surface area contributed by atoms with Gasteiger partial charge < -0.3 is 5.11 Å². The fraction of sp³-hybridized carbons (Fsp3) is 0. The topological polar surface area (TPSA) is 97.5 Å². The molecule has 0 spiro atoms. The number of hydrogen-bond acceptors (Lipinski definition) is 4. The van der Waals surface area contributed by atoms with Crippen molar-refractivity contribution in [1.29, 1.82) is 0 Å². The van der Waals surface area contributed by atoms with E-state index in [1.54, 1.807) is 0 Å². The maximum atomic E-state index is 10.8. The molecule has 0 aliphatic rings. The maximum Gasteiger partial charge on any atom is 0.337 e. The molecule has 0 atom stereocenters. The normalized spacial score (nSPS) is 11.5. The van der Waals surface area contributed by atoms with Gasteiger partial charge in [0, 0.05) is 0 Å². The van der Waals surface area contributed by atoms with Crippen molar-refractivity contribution < 1.29 is 18.3 Å². The third kappa shape index (κ3) is 2.27. The number of aromatic carboxylic acids is 1. The minimum atomic E-state index is -3.81. The van der Waals surface area contributed by atoms with Crippen LogP contribution in [-0.2, 0) is 10.0 Å². The molecule has 72 valence electrons. The first-order valence-corrected chi connectivity index (χ1v) is 6.03. The Morgan fingerprint density at radius 3 is 2.38 bits per heavy atom. The molecule has 0 saturated carbocycles. The van der Waals surface area contributed by atoms with Crippen LogP contribution in [0.2, 0.25) is 0 Å². The Bertz CT molecular complexity index is 449. The van der Waals surface area contributed by atoms with E-state index in [2.05, 4.69) is 15.9 Å². The highest BCUT2D eigenvalue weighted by molar-refractivity contribution is 9.11. The summed E-state index contributed by atoms with van der Waals surface area (Å²) in [7, 11) is -3.81. The van der Waals surface area contributed by atoms with Crippen molar-refractivity contribution in [1.82, 2.24) is 0 Å². The second-order valence-electron chi connectivity index (χ2n) is 2.10. The van der Waals surface area contributed by atoms with Gasteiger partial charge >= 0.3 is 5.97 Å². The van der Waals surface area contributed by atoms with Crippen LogP contribution in [0.4, 0.5) is 0 Å². The van der Waals surface area contributed by atoms with E-state index in [0.29, 0.717) is 0 Å². The number of sulfonamides is 1. The summed E-state index contributed by atoms with van der Waals surface area (Å²) in [6.07, 6.45) is 0. The Hall–Kier alpha value is -0.440. The van der Waals surface area contributed by atoms with Gasteiger partial charge in [0.1, 0.15) is 4.21 Å². The lowest BCUT2D eigenvalue weighted by molar-refractivity contribution is 0.0696. The van der Waals surface area contributed by atoms with Gasteiger partial charge in [-0.15, -0.1) is 11.3 Å². The van der Waals surface area contributed by atoms with Crippen LogP contribution in [0, 0.1) is 0 Å². The van der Waals surface area contributed by atoms with Crippen LogP contribution in [0.25, 0.3) is 0 Å². The number of thiophene rings is 1. The van der Waals surface area contributed by atoms with Crippen molar-refractivity contribution in [3.8, 4) is 0 Å². The van der Waals surface area contributed by atoms with Gasteiger partial charge in [0.2, 0.25) is 10.0 Å².